The van der Waals surface area contributed by atoms with Gasteiger partial charge in [-0.05, 0) is 54.9 Å². The molecule has 11 heteroatoms. The van der Waals surface area contributed by atoms with Crippen LogP contribution >= 0.6 is 11.6 Å². The number of nitrogens with one attached hydrogen (secondary N) is 1. The standard InChI is InChI=1S/C24H25ClFN3O6/c1-2-34-17-12-20(29(13-17)22(30)8-5-16-4-7-21(25)35-16)24(32)27-19-6-3-15(11-18(19)26)28-9-10-33-14-23(28)31/h3-8,11,17,20H,2,9-10,12-14H2,1H3,(H,27,32)/t17-,20-/m1/s1. The lowest BCUT2D eigenvalue weighted by molar-refractivity contribution is -0.132. The fraction of sp³-hybridized carbons (Fsp3) is 0.375. The van der Waals surface area contributed by atoms with E-state index in [-0.39, 0.29) is 42.5 Å². The molecule has 2 saturated heterocycles. The van der Waals surface area contributed by atoms with E-state index >= 15 is 0 Å². The first-order valence-electron chi connectivity index (χ1n) is 11.2. The van der Waals surface area contributed by atoms with Crippen LogP contribution < -0.4 is 10.2 Å². The summed E-state index contributed by atoms with van der Waals surface area (Å²) >= 11 is 5.75. The number of amides is 3. The van der Waals surface area contributed by atoms with E-state index < -0.39 is 23.7 Å². The maximum atomic E-state index is 14.8. The molecule has 0 bridgehead atoms. The van der Waals surface area contributed by atoms with Crippen LogP contribution in [0.2, 0.25) is 5.22 Å². The van der Waals surface area contributed by atoms with Crippen LogP contribution in [0.4, 0.5) is 15.8 Å². The molecule has 0 saturated carbocycles. The van der Waals surface area contributed by atoms with Crippen molar-refractivity contribution in [2.75, 3.05) is 43.1 Å². The Kier molecular flexibility index (Phi) is 7.84. The molecule has 0 spiro atoms. The van der Waals surface area contributed by atoms with Crippen LogP contribution in [0.1, 0.15) is 19.1 Å². The second-order valence-corrected chi connectivity index (χ2v) is 8.42. The summed E-state index contributed by atoms with van der Waals surface area (Å²) in [5.74, 6) is -1.52. The number of furan rings is 1. The lowest BCUT2D eigenvalue weighted by atomic mass is 10.1. The first-order valence-corrected chi connectivity index (χ1v) is 11.6. The van der Waals surface area contributed by atoms with Gasteiger partial charge >= 0.3 is 0 Å². The highest BCUT2D eigenvalue weighted by Crippen LogP contribution is 2.26. The van der Waals surface area contributed by atoms with E-state index in [1.807, 2.05) is 6.92 Å². The number of likely N-dealkylation sites (tertiary alicyclic amines) is 1. The number of ether oxygens (including phenoxy) is 2. The molecule has 1 aromatic heterocycles. The first-order chi connectivity index (χ1) is 16.9. The van der Waals surface area contributed by atoms with E-state index in [1.54, 1.807) is 18.2 Å². The fourth-order valence-electron chi connectivity index (χ4n) is 4.09. The first kappa shape index (κ1) is 24.9. The van der Waals surface area contributed by atoms with E-state index in [2.05, 4.69) is 5.32 Å². The lowest BCUT2D eigenvalue weighted by Gasteiger charge is -2.27. The molecule has 9 nitrogen and oxygen atoms in total. The van der Waals surface area contributed by atoms with Crippen molar-refractivity contribution in [3.8, 4) is 0 Å². The number of morpholine rings is 1. The topological polar surface area (TPSA) is 101 Å². The summed E-state index contributed by atoms with van der Waals surface area (Å²) in [7, 11) is 0. The summed E-state index contributed by atoms with van der Waals surface area (Å²) in [4.78, 5) is 40.8. The van der Waals surface area contributed by atoms with Crippen molar-refractivity contribution in [3.05, 3.63) is 53.2 Å². The van der Waals surface area contributed by atoms with Gasteiger partial charge in [0.1, 0.15) is 24.2 Å². The molecule has 2 aliphatic heterocycles. The molecule has 186 valence electrons. The van der Waals surface area contributed by atoms with Gasteiger partial charge in [-0.1, -0.05) is 0 Å². The SMILES string of the molecule is CCO[C@@H]1C[C@H](C(=O)Nc2ccc(N3CCOCC3=O)cc2F)N(C(=O)C=Cc2ccc(Cl)o2)C1. The number of carbonyl (C=O) groups is 3. The highest BCUT2D eigenvalue weighted by atomic mass is 35.5. The zero-order valence-electron chi connectivity index (χ0n) is 19.0. The fourth-order valence-corrected chi connectivity index (χ4v) is 4.25. The van der Waals surface area contributed by atoms with Gasteiger partial charge in [0.05, 0.1) is 18.4 Å². The van der Waals surface area contributed by atoms with Gasteiger partial charge in [0.25, 0.3) is 5.91 Å². The Morgan fingerprint density at radius 1 is 1.31 bits per heavy atom. The highest BCUT2D eigenvalue weighted by molar-refractivity contribution is 6.28. The normalized spacial score (nSPS) is 20.6. The molecule has 3 amide bonds. The van der Waals surface area contributed by atoms with Crippen molar-refractivity contribution < 1.29 is 32.7 Å². The lowest BCUT2D eigenvalue weighted by Crippen LogP contribution is -2.42. The van der Waals surface area contributed by atoms with Gasteiger partial charge in [-0.15, -0.1) is 0 Å². The Bertz CT molecular complexity index is 1140. The largest absolute Gasteiger partial charge is 0.445 e. The van der Waals surface area contributed by atoms with E-state index in [0.717, 1.165) is 0 Å². The molecule has 2 atom stereocenters. The molecule has 4 rings (SSSR count). The van der Waals surface area contributed by atoms with Crippen molar-refractivity contribution in [2.24, 2.45) is 0 Å². The van der Waals surface area contributed by atoms with Crippen LogP contribution in [-0.2, 0) is 23.9 Å². The maximum Gasteiger partial charge on any atom is 0.253 e. The van der Waals surface area contributed by atoms with E-state index in [0.29, 0.717) is 31.2 Å². The Labute approximate surface area is 206 Å². The molecule has 2 fully saturated rings. The Balaban J connectivity index is 1.47. The molecule has 0 aliphatic carbocycles. The van der Waals surface area contributed by atoms with Crippen LogP contribution in [0.25, 0.3) is 6.08 Å². The molecule has 1 aromatic carbocycles. The molecular weight excluding hydrogens is 481 g/mol. The van der Waals surface area contributed by atoms with Crippen molar-refractivity contribution >= 4 is 46.8 Å². The van der Waals surface area contributed by atoms with Crippen molar-refractivity contribution in [3.63, 3.8) is 0 Å². The van der Waals surface area contributed by atoms with E-state index in [9.17, 15) is 18.8 Å². The van der Waals surface area contributed by atoms with Gasteiger partial charge in [-0.2, -0.15) is 0 Å². The predicted molar refractivity (Wildman–Crippen MR) is 126 cm³/mol. The van der Waals surface area contributed by atoms with Crippen molar-refractivity contribution in [2.45, 2.75) is 25.5 Å². The summed E-state index contributed by atoms with van der Waals surface area (Å²) in [6.07, 6.45) is 2.69. The number of carbonyl (C=O) groups excluding carboxylic acids is 3. The summed E-state index contributed by atoms with van der Waals surface area (Å²) in [6.45, 7) is 3.09. The number of rotatable bonds is 7. The predicted octanol–water partition coefficient (Wildman–Crippen LogP) is 3.09. The smallest absolute Gasteiger partial charge is 0.253 e. The minimum Gasteiger partial charge on any atom is -0.445 e. The summed E-state index contributed by atoms with van der Waals surface area (Å²) in [5.41, 5.74) is 0.332. The second-order valence-electron chi connectivity index (χ2n) is 8.05. The monoisotopic (exact) mass is 505 g/mol. The van der Waals surface area contributed by atoms with E-state index in [1.165, 1.54) is 34.1 Å². The minimum atomic E-state index is -0.858. The van der Waals surface area contributed by atoms with Crippen LogP contribution in [0.15, 0.2) is 40.8 Å². The van der Waals surface area contributed by atoms with Crippen LogP contribution in [0.3, 0.4) is 0 Å². The average molecular weight is 506 g/mol. The van der Waals surface area contributed by atoms with Crippen LogP contribution in [0, 0.1) is 5.82 Å². The van der Waals surface area contributed by atoms with Gasteiger partial charge in [0, 0.05) is 37.9 Å². The van der Waals surface area contributed by atoms with Gasteiger partial charge in [0.2, 0.25) is 11.8 Å². The molecular formula is C24H25ClFN3O6. The second kappa shape index (κ2) is 11.0. The third-order valence-electron chi connectivity index (χ3n) is 5.74. The third kappa shape index (κ3) is 5.90. The van der Waals surface area contributed by atoms with Gasteiger partial charge in [-0.3, -0.25) is 14.4 Å². The molecule has 0 unspecified atom stereocenters. The Morgan fingerprint density at radius 3 is 2.83 bits per heavy atom. The molecule has 35 heavy (non-hydrogen) atoms. The number of benzene rings is 1. The van der Waals surface area contributed by atoms with Gasteiger partial charge in [-0.25, -0.2) is 4.39 Å². The highest BCUT2D eigenvalue weighted by Gasteiger charge is 2.39. The van der Waals surface area contributed by atoms with E-state index in [4.69, 9.17) is 25.5 Å². The molecule has 2 aliphatic rings. The molecule has 0 radical (unpaired) electrons. The molecule has 2 aromatic rings. The zero-order valence-corrected chi connectivity index (χ0v) is 19.8. The van der Waals surface area contributed by atoms with Crippen LogP contribution in [-0.4, -0.2) is 67.7 Å². The number of halogens is 2. The number of nitrogens with zero attached hydrogens (tertiary/aromatic N) is 2. The summed E-state index contributed by atoms with van der Waals surface area (Å²) in [5, 5.41) is 2.76. The maximum absolute atomic E-state index is 14.8. The Morgan fingerprint density at radius 2 is 2.14 bits per heavy atom. The van der Waals surface area contributed by atoms with Gasteiger partial charge in [0.15, 0.2) is 5.22 Å². The third-order valence-corrected chi connectivity index (χ3v) is 5.95. The number of hydrogen-bond donors (Lipinski definition) is 1. The van der Waals surface area contributed by atoms with Crippen molar-refractivity contribution in [1.82, 2.24) is 4.90 Å². The van der Waals surface area contributed by atoms with Crippen LogP contribution in [0.5, 0.6) is 0 Å². The summed E-state index contributed by atoms with van der Waals surface area (Å²) < 4.78 is 30.8. The molecule has 3 heterocycles. The quantitative estimate of drug-likeness (QED) is 0.580. The van der Waals surface area contributed by atoms with Gasteiger partial charge < -0.3 is 29.0 Å². The zero-order chi connectivity index (χ0) is 24.9. The number of anilines is 2. The average Bonchev–Trinajstić information content (AvgIpc) is 3.45. The summed E-state index contributed by atoms with van der Waals surface area (Å²) in [6, 6.07) is 6.45. The molecule has 1 N–H and O–H groups in total. The minimum absolute atomic E-state index is 0.0486. The Hall–Kier alpha value is -3.21. The number of hydrogen-bond acceptors (Lipinski definition) is 6. The van der Waals surface area contributed by atoms with Crippen molar-refractivity contribution in [1.29, 1.82) is 0 Å².